The minimum Gasteiger partial charge on any atom is -0.748 e. The monoisotopic (exact) mass is 387 g/mol. The van der Waals surface area contributed by atoms with Crippen molar-refractivity contribution in [1.82, 2.24) is 0 Å². The van der Waals surface area contributed by atoms with Gasteiger partial charge in [0, 0.05) is 35.7 Å². The molecule has 0 unspecified atom stereocenters. The van der Waals surface area contributed by atoms with Crippen LogP contribution in [0.1, 0.15) is 6.92 Å². The fourth-order valence-electron chi connectivity index (χ4n) is 2.44. The first kappa shape index (κ1) is 19.4. The van der Waals surface area contributed by atoms with E-state index in [0.29, 0.717) is 22.4 Å². The number of fused-ring (bicyclic) bond motifs is 1. The van der Waals surface area contributed by atoms with Crippen LogP contribution in [-0.4, -0.2) is 5.91 Å². The Labute approximate surface area is 161 Å². The zero-order valence-corrected chi connectivity index (χ0v) is 15.2. The van der Waals surface area contributed by atoms with Crippen LogP contribution in [0, 0.1) is 0 Å². The van der Waals surface area contributed by atoms with Crippen LogP contribution in [0.4, 0.5) is 5.69 Å². The van der Waals surface area contributed by atoms with E-state index in [1.807, 2.05) is 54.6 Å². The van der Waals surface area contributed by atoms with Crippen molar-refractivity contribution in [1.29, 1.82) is 0 Å². The summed E-state index contributed by atoms with van der Waals surface area (Å²) in [7, 11) is 0. The number of hydrogen-bond donors (Lipinski definition) is 1. The predicted octanol–water partition coefficient (Wildman–Crippen LogP) is 4.54. The Bertz CT molecular complexity index is 998. The van der Waals surface area contributed by atoms with Crippen molar-refractivity contribution >= 4 is 22.6 Å². The summed E-state index contributed by atoms with van der Waals surface area (Å²) in [6.07, 6.45) is 0. The number of carbonyl (C=O) groups is 1. The van der Waals surface area contributed by atoms with E-state index in [1.165, 1.54) is 13.0 Å². The van der Waals surface area contributed by atoms with Crippen molar-refractivity contribution in [3.8, 4) is 11.3 Å². The van der Waals surface area contributed by atoms with E-state index >= 15 is 0 Å². The first-order chi connectivity index (χ1) is 12.1. The molecule has 0 aliphatic carbocycles. The van der Waals surface area contributed by atoms with Crippen LogP contribution in [0.5, 0.6) is 0 Å². The number of rotatable bonds is 2. The first-order valence-corrected chi connectivity index (χ1v) is 7.88. The number of nitrogens with one attached hydrogen (secondary N) is 1. The molecule has 1 aromatic heterocycles. The normalized spacial score (nSPS) is 9.73. The van der Waals surface area contributed by atoms with E-state index in [0.717, 1.165) is 5.56 Å². The van der Waals surface area contributed by atoms with Crippen LogP contribution in [0.2, 0.25) is 0 Å². The van der Waals surface area contributed by atoms with Gasteiger partial charge in [0.25, 0.3) is 0 Å². The molecule has 0 aliphatic rings. The van der Waals surface area contributed by atoms with Gasteiger partial charge >= 0.3 is 0 Å². The minimum absolute atomic E-state index is 0. The molecule has 0 atom stereocenters. The smallest absolute Gasteiger partial charge is 0.221 e. The van der Waals surface area contributed by atoms with E-state index in [1.54, 1.807) is 18.2 Å². The second kappa shape index (κ2) is 8.99. The maximum absolute atomic E-state index is 12.1. The predicted molar refractivity (Wildman–Crippen MR) is 99.9 cm³/mol. The molecule has 4 rings (SSSR count). The van der Waals surface area contributed by atoms with Crippen LogP contribution in [0.25, 0.3) is 22.3 Å². The Morgan fingerprint density at radius 3 is 2.23 bits per heavy atom. The van der Waals surface area contributed by atoms with Crippen molar-refractivity contribution < 1.29 is 26.3 Å². The topological polar surface area (TPSA) is 59.3 Å². The molecule has 1 heterocycles. The molecule has 1 N–H and O–H groups in total. The molecule has 5 heteroatoms. The molecule has 0 aliphatic heterocycles. The van der Waals surface area contributed by atoms with Crippen molar-refractivity contribution in [2.24, 2.45) is 0 Å². The number of hydrogen-bond acceptors (Lipinski definition) is 3. The van der Waals surface area contributed by atoms with Gasteiger partial charge in [0.15, 0.2) is 5.43 Å². The fraction of sp³-hybridized carbons (Fsp3) is 0.0476. The molecular formula is C21H17FeNO3-6. The van der Waals surface area contributed by atoms with Gasteiger partial charge < -0.3 is 44.9 Å². The molecule has 0 saturated heterocycles. The van der Waals surface area contributed by atoms with Crippen LogP contribution < -0.4 is 10.7 Å². The summed E-state index contributed by atoms with van der Waals surface area (Å²) in [6, 6.07) is 24.0. The zero-order chi connectivity index (χ0) is 17.6. The van der Waals surface area contributed by atoms with Gasteiger partial charge in [0.1, 0.15) is 5.58 Å². The summed E-state index contributed by atoms with van der Waals surface area (Å²) >= 11 is 0. The molecule has 138 valence electrons. The molecule has 0 saturated carbocycles. The molecule has 0 radical (unpaired) electrons. The molecule has 26 heavy (non-hydrogen) atoms. The third kappa shape index (κ3) is 4.82. The Morgan fingerprint density at radius 2 is 1.65 bits per heavy atom. The summed E-state index contributed by atoms with van der Waals surface area (Å²) in [5.41, 5.74) is 1.82. The quantitative estimate of drug-likeness (QED) is 0.406. The maximum atomic E-state index is 12.1. The molecule has 4 nitrogen and oxygen atoms in total. The third-order valence-electron chi connectivity index (χ3n) is 3.55. The van der Waals surface area contributed by atoms with Crippen molar-refractivity contribution in [3.63, 3.8) is 0 Å². The summed E-state index contributed by atoms with van der Waals surface area (Å²) in [5, 5.41) is 3.16. The average molecular weight is 387 g/mol. The van der Waals surface area contributed by atoms with Crippen molar-refractivity contribution in [2.45, 2.75) is 6.92 Å². The van der Waals surface area contributed by atoms with E-state index in [-0.39, 0.29) is 28.4 Å². The molecule has 0 spiro atoms. The van der Waals surface area contributed by atoms with E-state index in [9.17, 15) is 9.59 Å². The van der Waals surface area contributed by atoms with Crippen LogP contribution >= 0.6 is 0 Å². The Hall–Kier alpha value is -2.88. The van der Waals surface area contributed by atoms with Gasteiger partial charge in [-0.3, -0.25) is 4.79 Å². The fourth-order valence-corrected chi connectivity index (χ4v) is 2.44. The first-order valence-electron chi connectivity index (χ1n) is 7.88. The van der Waals surface area contributed by atoms with Gasteiger partial charge in [0.05, 0.1) is 11.1 Å². The van der Waals surface area contributed by atoms with Crippen molar-refractivity contribution in [3.05, 3.63) is 89.1 Å². The van der Waals surface area contributed by atoms with Crippen molar-refractivity contribution in [2.75, 3.05) is 5.32 Å². The molecule has 1 amide bonds. The minimum atomic E-state index is -0.168. The summed E-state index contributed by atoms with van der Waals surface area (Å²) < 4.78 is 5.76. The Balaban J connectivity index is 0.000000351. The molecule has 0 bridgehead atoms. The van der Waals surface area contributed by atoms with Gasteiger partial charge in [-0.1, -0.05) is 5.56 Å². The number of benzene rings is 1. The van der Waals surface area contributed by atoms with Gasteiger partial charge in [-0.05, 0) is 18.2 Å². The van der Waals surface area contributed by atoms with E-state index < -0.39 is 0 Å². The molecule has 3 aromatic carbocycles. The molecular weight excluding hydrogens is 370 g/mol. The Morgan fingerprint density at radius 1 is 1.04 bits per heavy atom. The van der Waals surface area contributed by atoms with Crippen LogP contribution in [0.3, 0.4) is 0 Å². The third-order valence-corrected chi connectivity index (χ3v) is 3.55. The van der Waals surface area contributed by atoms with Gasteiger partial charge in [-0.15, -0.1) is 12.1 Å². The van der Waals surface area contributed by atoms with Gasteiger partial charge in [-0.2, -0.15) is 12.1 Å². The van der Waals surface area contributed by atoms with E-state index in [2.05, 4.69) is 5.32 Å². The maximum Gasteiger partial charge on any atom is 0.221 e. The number of carbonyl (C=O) groups excluding carboxylic acids is 1. The van der Waals surface area contributed by atoms with Gasteiger partial charge in [0.2, 0.25) is 5.91 Å². The number of amides is 1. The average Bonchev–Trinajstić information content (AvgIpc) is 3.30. The summed E-state index contributed by atoms with van der Waals surface area (Å²) in [6.45, 7) is 1.43. The van der Waals surface area contributed by atoms with Gasteiger partial charge in [-0.25, -0.2) is 0 Å². The summed E-state index contributed by atoms with van der Waals surface area (Å²) in [4.78, 5) is 23.1. The second-order valence-electron chi connectivity index (χ2n) is 5.50. The van der Waals surface area contributed by atoms with Crippen LogP contribution in [-0.2, 0) is 21.9 Å². The zero-order valence-electron chi connectivity index (χ0n) is 14.1. The standard InChI is InChI=1S/C16H12NO3.C5H5.Fe/c1-10(18)17-12-6-7-13-14(19)9-15(20-16(13)8-12)11-4-2-3-5-11;1-2-4-5-3-1;/h2-9H,1H3,(H,17,18);1-5H;/q-1;-5;. The SMILES string of the molecule is CC(=O)Nc1ccc2c(=O)cc(-[c-]3cccc3)oc2c1.[Fe].[cH-]1[cH-][cH-][cH-][cH-]1. The molecule has 0 fully saturated rings. The number of anilines is 1. The van der Waals surface area contributed by atoms with Crippen LogP contribution in [0.15, 0.2) is 88.1 Å². The second-order valence-corrected chi connectivity index (χ2v) is 5.50. The van der Waals surface area contributed by atoms with E-state index in [4.69, 9.17) is 4.42 Å². The largest absolute Gasteiger partial charge is 0.748 e. The summed E-state index contributed by atoms with van der Waals surface area (Å²) in [5.74, 6) is 0.353. The Kier molecular flexibility index (Phi) is 6.73. The molecule has 4 aromatic rings.